The van der Waals surface area contributed by atoms with Crippen molar-refractivity contribution in [2.45, 2.75) is 26.6 Å². The van der Waals surface area contributed by atoms with E-state index in [-0.39, 0.29) is 12.1 Å². The molecule has 0 fully saturated rings. The number of rotatable bonds is 4. The number of nitrogens with zero attached hydrogens (tertiary/aromatic N) is 3. The van der Waals surface area contributed by atoms with E-state index in [2.05, 4.69) is 15.5 Å². The second kappa shape index (κ2) is 7.06. The van der Waals surface area contributed by atoms with Gasteiger partial charge in [0.1, 0.15) is 0 Å². The van der Waals surface area contributed by atoms with E-state index in [0.29, 0.717) is 11.4 Å². The highest BCUT2D eigenvalue weighted by Gasteiger charge is 2.32. The average Bonchev–Trinajstić information content (AvgIpc) is 2.61. The Morgan fingerprint density at radius 2 is 1.74 bits per heavy atom. The van der Waals surface area contributed by atoms with Crippen molar-refractivity contribution in [3.8, 4) is 0 Å². The molecular formula is C20H21F3N4. The van der Waals surface area contributed by atoms with Crippen molar-refractivity contribution in [3.63, 3.8) is 0 Å². The molecule has 3 rings (SSSR count). The number of hydrogen-bond acceptors (Lipinski definition) is 4. The second-order valence-electron chi connectivity index (χ2n) is 6.70. The minimum absolute atomic E-state index is 0.218. The van der Waals surface area contributed by atoms with Crippen LogP contribution in [0, 0.1) is 13.8 Å². The van der Waals surface area contributed by atoms with E-state index in [0.717, 1.165) is 28.2 Å². The van der Waals surface area contributed by atoms with E-state index in [4.69, 9.17) is 0 Å². The lowest BCUT2D eigenvalue weighted by molar-refractivity contribution is -0.138. The third-order valence-electron chi connectivity index (χ3n) is 4.66. The fourth-order valence-electron chi connectivity index (χ4n) is 3.05. The maximum absolute atomic E-state index is 13.1. The molecule has 4 nitrogen and oxygen atoms in total. The molecule has 0 atom stereocenters. The van der Waals surface area contributed by atoms with E-state index in [1.54, 1.807) is 6.07 Å². The molecule has 0 aliphatic rings. The smallest absolute Gasteiger partial charge is 0.378 e. The van der Waals surface area contributed by atoms with Crippen molar-refractivity contribution < 1.29 is 13.2 Å². The summed E-state index contributed by atoms with van der Waals surface area (Å²) in [6.07, 6.45) is -4.36. The van der Waals surface area contributed by atoms with E-state index < -0.39 is 11.7 Å². The van der Waals surface area contributed by atoms with Crippen LogP contribution < -0.4 is 10.2 Å². The minimum Gasteiger partial charge on any atom is -0.378 e. The molecule has 2 aromatic carbocycles. The van der Waals surface area contributed by atoms with Gasteiger partial charge in [-0.05, 0) is 43.2 Å². The van der Waals surface area contributed by atoms with Crippen molar-refractivity contribution >= 4 is 22.3 Å². The zero-order valence-corrected chi connectivity index (χ0v) is 15.6. The van der Waals surface area contributed by atoms with Gasteiger partial charge in [-0.25, -0.2) is 0 Å². The molecule has 27 heavy (non-hydrogen) atoms. The topological polar surface area (TPSA) is 41.1 Å². The van der Waals surface area contributed by atoms with Gasteiger partial charge in [-0.2, -0.15) is 18.3 Å². The molecule has 7 heteroatoms. The SMILES string of the molecule is Cc1c(CNc2nnc(C)c3ccc(N(C)C)cc23)cccc1C(F)(F)F. The average molecular weight is 374 g/mol. The monoisotopic (exact) mass is 374 g/mol. The largest absolute Gasteiger partial charge is 0.416 e. The van der Waals surface area contributed by atoms with Crippen LogP contribution in [0.25, 0.3) is 10.8 Å². The zero-order chi connectivity index (χ0) is 19.8. The first-order valence-corrected chi connectivity index (χ1v) is 8.52. The predicted octanol–water partition coefficient (Wildman–Crippen LogP) is 4.94. The van der Waals surface area contributed by atoms with E-state index >= 15 is 0 Å². The molecule has 142 valence electrons. The molecule has 0 spiro atoms. The normalized spacial score (nSPS) is 11.7. The van der Waals surface area contributed by atoms with Crippen LogP contribution >= 0.6 is 0 Å². The van der Waals surface area contributed by atoms with Gasteiger partial charge < -0.3 is 10.2 Å². The third kappa shape index (κ3) is 3.82. The van der Waals surface area contributed by atoms with Crippen molar-refractivity contribution in [1.82, 2.24) is 10.2 Å². The highest BCUT2D eigenvalue weighted by Crippen LogP contribution is 2.33. The first kappa shape index (κ1) is 18.9. The van der Waals surface area contributed by atoms with Crippen molar-refractivity contribution in [2.24, 2.45) is 0 Å². The Kier molecular flexibility index (Phi) is 4.95. The maximum atomic E-state index is 13.1. The third-order valence-corrected chi connectivity index (χ3v) is 4.66. The van der Waals surface area contributed by atoms with E-state index in [9.17, 15) is 13.2 Å². The lowest BCUT2D eigenvalue weighted by Gasteiger charge is -2.17. The quantitative estimate of drug-likeness (QED) is 0.702. The highest BCUT2D eigenvalue weighted by molar-refractivity contribution is 5.95. The minimum atomic E-state index is -4.36. The Bertz CT molecular complexity index is 981. The van der Waals surface area contributed by atoms with Crippen LogP contribution in [0.4, 0.5) is 24.7 Å². The molecule has 0 saturated heterocycles. The summed E-state index contributed by atoms with van der Waals surface area (Å²) in [5, 5.41) is 13.4. The number of nitrogens with one attached hydrogen (secondary N) is 1. The summed E-state index contributed by atoms with van der Waals surface area (Å²) in [7, 11) is 3.89. The van der Waals surface area contributed by atoms with Crippen LogP contribution in [0.15, 0.2) is 36.4 Å². The molecule has 0 bridgehead atoms. The summed E-state index contributed by atoms with van der Waals surface area (Å²) in [5.74, 6) is 0.552. The Balaban J connectivity index is 1.96. The zero-order valence-electron chi connectivity index (χ0n) is 15.6. The molecule has 1 heterocycles. The van der Waals surface area contributed by atoms with E-state index in [1.807, 2.05) is 44.1 Å². The lowest BCUT2D eigenvalue weighted by atomic mass is 10.0. The summed E-state index contributed by atoms with van der Waals surface area (Å²) < 4.78 is 39.4. The van der Waals surface area contributed by atoms with Gasteiger partial charge in [0.05, 0.1) is 11.3 Å². The van der Waals surface area contributed by atoms with Crippen LogP contribution in [-0.4, -0.2) is 24.3 Å². The number of anilines is 2. The molecule has 3 aromatic rings. The molecule has 1 aromatic heterocycles. The Morgan fingerprint density at radius 3 is 2.41 bits per heavy atom. The predicted molar refractivity (Wildman–Crippen MR) is 102 cm³/mol. The molecule has 0 unspecified atom stereocenters. The summed E-state index contributed by atoms with van der Waals surface area (Å²) in [4.78, 5) is 1.98. The number of fused-ring (bicyclic) bond motifs is 1. The fourth-order valence-corrected chi connectivity index (χ4v) is 3.05. The fraction of sp³-hybridized carbons (Fsp3) is 0.300. The first-order valence-electron chi connectivity index (χ1n) is 8.52. The number of alkyl halides is 3. The molecular weight excluding hydrogens is 353 g/mol. The van der Waals surface area contributed by atoms with Crippen LogP contribution in [0.1, 0.15) is 22.4 Å². The van der Waals surface area contributed by atoms with Crippen LogP contribution in [-0.2, 0) is 12.7 Å². The van der Waals surface area contributed by atoms with Gasteiger partial charge in [0.25, 0.3) is 0 Å². The van der Waals surface area contributed by atoms with Crippen LogP contribution in [0.2, 0.25) is 0 Å². The van der Waals surface area contributed by atoms with Crippen molar-refractivity contribution in [1.29, 1.82) is 0 Å². The molecule has 0 aliphatic carbocycles. The van der Waals surface area contributed by atoms with Crippen molar-refractivity contribution in [3.05, 3.63) is 58.8 Å². The van der Waals surface area contributed by atoms with Crippen LogP contribution in [0.3, 0.4) is 0 Å². The van der Waals surface area contributed by atoms with Gasteiger partial charge in [0.2, 0.25) is 0 Å². The van der Waals surface area contributed by atoms with Gasteiger partial charge in [-0.1, -0.05) is 18.2 Å². The van der Waals surface area contributed by atoms with E-state index in [1.165, 1.54) is 13.0 Å². The first-order chi connectivity index (χ1) is 12.7. The highest BCUT2D eigenvalue weighted by atomic mass is 19.4. The van der Waals surface area contributed by atoms with Crippen LogP contribution in [0.5, 0.6) is 0 Å². The standard InChI is InChI=1S/C20H21F3N4/c1-12-14(6-5-7-18(12)20(21,22)23)11-24-19-17-10-15(27(3)4)8-9-16(17)13(2)25-26-19/h5-10H,11H2,1-4H3,(H,24,26). The number of hydrogen-bond donors (Lipinski definition) is 1. The Labute approximate surface area is 156 Å². The number of aryl methyl sites for hydroxylation is 1. The molecule has 0 amide bonds. The Hall–Kier alpha value is -2.83. The van der Waals surface area contributed by atoms with Gasteiger partial charge in [0, 0.05) is 37.1 Å². The number of halogens is 3. The number of benzene rings is 2. The molecule has 1 N–H and O–H groups in total. The molecule has 0 radical (unpaired) electrons. The van der Waals surface area contributed by atoms with Gasteiger partial charge in [0.15, 0.2) is 5.82 Å². The summed E-state index contributed by atoms with van der Waals surface area (Å²) in [6, 6.07) is 10.2. The summed E-state index contributed by atoms with van der Waals surface area (Å²) in [6.45, 7) is 3.60. The maximum Gasteiger partial charge on any atom is 0.416 e. The molecule has 0 aliphatic heterocycles. The van der Waals surface area contributed by atoms with Gasteiger partial charge in [-0.3, -0.25) is 0 Å². The Morgan fingerprint density at radius 1 is 1.00 bits per heavy atom. The summed E-state index contributed by atoms with van der Waals surface area (Å²) >= 11 is 0. The second-order valence-corrected chi connectivity index (χ2v) is 6.70. The van der Waals surface area contributed by atoms with Crippen molar-refractivity contribution in [2.75, 3.05) is 24.3 Å². The van der Waals surface area contributed by atoms with Gasteiger partial charge in [-0.15, -0.1) is 5.10 Å². The molecule has 0 saturated carbocycles. The lowest BCUT2D eigenvalue weighted by Crippen LogP contribution is -2.12. The number of aromatic nitrogens is 2. The van der Waals surface area contributed by atoms with Gasteiger partial charge >= 0.3 is 6.18 Å². The summed E-state index contributed by atoms with van der Waals surface area (Å²) in [5.41, 5.74) is 1.99.